The highest BCUT2D eigenvalue weighted by molar-refractivity contribution is 9.10. The van der Waals surface area contributed by atoms with E-state index in [-0.39, 0.29) is 5.38 Å². The third kappa shape index (κ3) is 4.15. The Balaban J connectivity index is 2.27. The minimum Gasteiger partial charge on any atom is -0.492 e. The van der Waals surface area contributed by atoms with Crippen molar-refractivity contribution in [1.82, 2.24) is 0 Å². The molecule has 2 aromatic rings. The van der Waals surface area contributed by atoms with Gasteiger partial charge in [-0.15, -0.1) is 11.6 Å². The number of halogens is 3. The van der Waals surface area contributed by atoms with E-state index >= 15 is 0 Å². The topological polar surface area (TPSA) is 9.23 Å². The maximum absolute atomic E-state index is 6.61. The van der Waals surface area contributed by atoms with Crippen molar-refractivity contribution in [3.8, 4) is 5.75 Å². The number of hydrogen-bond donors (Lipinski definition) is 0. The van der Waals surface area contributed by atoms with Crippen LogP contribution in [0.4, 0.5) is 0 Å². The van der Waals surface area contributed by atoms with Crippen molar-refractivity contribution in [3.63, 3.8) is 0 Å². The molecule has 0 N–H and O–H groups in total. The number of rotatable bonds is 5. The Bertz CT molecular complexity index is 628. The molecule has 112 valence electrons. The molecule has 1 atom stereocenters. The quantitative estimate of drug-likeness (QED) is 0.530. The highest BCUT2D eigenvalue weighted by atomic mass is 79.9. The van der Waals surface area contributed by atoms with E-state index in [4.69, 9.17) is 27.9 Å². The fourth-order valence-electron chi connectivity index (χ4n) is 2.11. The Morgan fingerprint density at radius 2 is 1.95 bits per heavy atom. The first-order valence-corrected chi connectivity index (χ1v) is 8.46. The summed E-state index contributed by atoms with van der Waals surface area (Å²) in [5.41, 5.74) is 3.18. The molecule has 2 rings (SSSR count). The Kier molecular flexibility index (Phi) is 5.98. The minimum absolute atomic E-state index is 0.209. The van der Waals surface area contributed by atoms with Gasteiger partial charge in [-0.25, -0.2) is 0 Å². The van der Waals surface area contributed by atoms with E-state index in [9.17, 15) is 0 Å². The Morgan fingerprint density at radius 1 is 1.19 bits per heavy atom. The standard InChI is InChI=1S/C17H17BrCl2O/c1-3-8-21-16-7-4-12(10-15(16)18)17(20)14-6-5-13(19)9-11(14)2/h4-7,9-10,17H,3,8H2,1-2H3. The lowest BCUT2D eigenvalue weighted by Gasteiger charge is -2.15. The van der Waals surface area contributed by atoms with Crippen LogP contribution in [0.2, 0.25) is 5.02 Å². The SMILES string of the molecule is CCCOc1ccc(C(Cl)c2ccc(Cl)cc2C)cc1Br. The van der Waals surface area contributed by atoms with Crippen molar-refractivity contribution in [2.45, 2.75) is 25.6 Å². The van der Waals surface area contributed by atoms with Gasteiger partial charge in [0, 0.05) is 5.02 Å². The fraction of sp³-hybridized carbons (Fsp3) is 0.294. The molecule has 0 saturated heterocycles. The van der Waals surface area contributed by atoms with Gasteiger partial charge in [0.15, 0.2) is 0 Å². The van der Waals surface area contributed by atoms with E-state index in [1.165, 1.54) is 0 Å². The highest BCUT2D eigenvalue weighted by Gasteiger charge is 2.15. The maximum atomic E-state index is 6.61. The average molecular weight is 388 g/mol. The van der Waals surface area contributed by atoms with E-state index < -0.39 is 0 Å². The predicted molar refractivity (Wildman–Crippen MR) is 93.8 cm³/mol. The van der Waals surface area contributed by atoms with Crippen LogP contribution in [-0.4, -0.2) is 6.61 Å². The normalized spacial score (nSPS) is 12.2. The number of benzene rings is 2. The third-order valence-corrected chi connectivity index (χ3v) is 4.56. The van der Waals surface area contributed by atoms with Crippen molar-refractivity contribution in [1.29, 1.82) is 0 Å². The zero-order valence-corrected chi connectivity index (χ0v) is 15.1. The summed E-state index contributed by atoms with van der Waals surface area (Å²) < 4.78 is 6.58. The van der Waals surface area contributed by atoms with Crippen molar-refractivity contribution in [3.05, 3.63) is 62.6 Å². The summed E-state index contributed by atoms with van der Waals surface area (Å²) in [5, 5.41) is 0.517. The summed E-state index contributed by atoms with van der Waals surface area (Å²) in [7, 11) is 0. The first kappa shape index (κ1) is 16.7. The lowest BCUT2D eigenvalue weighted by molar-refractivity contribution is 0.315. The molecule has 0 aliphatic carbocycles. The summed E-state index contributed by atoms with van der Waals surface area (Å²) in [6.07, 6.45) is 0.982. The second-order valence-corrected chi connectivity index (χ2v) is 6.63. The van der Waals surface area contributed by atoms with Gasteiger partial charge in [0.2, 0.25) is 0 Å². The lowest BCUT2D eigenvalue weighted by atomic mass is 10.00. The van der Waals surface area contributed by atoms with Crippen LogP contribution in [0.25, 0.3) is 0 Å². The predicted octanol–water partition coefficient (Wildman–Crippen LogP) is 6.53. The molecule has 0 aromatic heterocycles. The van der Waals surface area contributed by atoms with E-state index in [1.54, 1.807) is 0 Å². The second-order valence-electron chi connectivity index (χ2n) is 4.90. The molecule has 0 aliphatic rings. The molecule has 0 fully saturated rings. The fourth-order valence-corrected chi connectivity index (χ4v) is 3.23. The first-order valence-electron chi connectivity index (χ1n) is 6.85. The van der Waals surface area contributed by atoms with Gasteiger partial charge in [-0.1, -0.05) is 30.7 Å². The third-order valence-electron chi connectivity index (χ3n) is 3.22. The molecule has 1 nitrogen and oxygen atoms in total. The number of ether oxygens (including phenoxy) is 1. The van der Waals surface area contributed by atoms with Gasteiger partial charge >= 0.3 is 0 Å². The van der Waals surface area contributed by atoms with Gasteiger partial charge < -0.3 is 4.74 Å². The lowest BCUT2D eigenvalue weighted by Crippen LogP contribution is -1.99. The van der Waals surface area contributed by atoms with Crippen molar-refractivity contribution < 1.29 is 4.74 Å². The Labute approximate surface area is 144 Å². The molecule has 1 unspecified atom stereocenters. The van der Waals surface area contributed by atoms with Crippen molar-refractivity contribution in [2.75, 3.05) is 6.61 Å². The zero-order valence-electron chi connectivity index (χ0n) is 12.0. The molecule has 0 amide bonds. The number of hydrogen-bond acceptors (Lipinski definition) is 1. The van der Waals surface area contributed by atoms with Crippen LogP contribution >= 0.6 is 39.1 Å². The monoisotopic (exact) mass is 386 g/mol. The molecule has 2 aromatic carbocycles. The Hall–Kier alpha value is -0.700. The van der Waals surface area contributed by atoms with Crippen molar-refractivity contribution in [2.24, 2.45) is 0 Å². The Morgan fingerprint density at radius 3 is 2.57 bits per heavy atom. The minimum atomic E-state index is -0.209. The number of alkyl halides is 1. The summed E-state index contributed by atoms with van der Waals surface area (Å²) in [6.45, 7) is 4.81. The van der Waals surface area contributed by atoms with E-state index in [2.05, 4.69) is 22.9 Å². The summed E-state index contributed by atoms with van der Waals surface area (Å²) in [6, 6.07) is 11.7. The summed E-state index contributed by atoms with van der Waals surface area (Å²) >= 11 is 16.2. The smallest absolute Gasteiger partial charge is 0.133 e. The molecular formula is C17H17BrCl2O. The molecule has 0 radical (unpaired) electrons. The van der Waals surface area contributed by atoms with Gasteiger partial charge in [0.25, 0.3) is 0 Å². The molecular weight excluding hydrogens is 371 g/mol. The van der Waals surface area contributed by atoms with Crippen LogP contribution in [0.1, 0.15) is 35.4 Å². The van der Waals surface area contributed by atoms with E-state index in [0.717, 1.165) is 38.4 Å². The molecule has 0 saturated carbocycles. The van der Waals surface area contributed by atoms with Crippen LogP contribution in [0.5, 0.6) is 5.75 Å². The molecule has 4 heteroatoms. The largest absolute Gasteiger partial charge is 0.492 e. The molecule has 0 aliphatic heterocycles. The average Bonchev–Trinajstić information content (AvgIpc) is 2.45. The van der Waals surface area contributed by atoms with Crippen LogP contribution in [-0.2, 0) is 0 Å². The molecule has 0 heterocycles. The van der Waals surface area contributed by atoms with Gasteiger partial charge in [0.05, 0.1) is 16.5 Å². The van der Waals surface area contributed by atoms with E-state index in [1.807, 2.05) is 43.3 Å². The first-order chi connectivity index (χ1) is 10.0. The van der Waals surface area contributed by atoms with Crippen LogP contribution in [0.3, 0.4) is 0 Å². The van der Waals surface area contributed by atoms with Gasteiger partial charge in [-0.05, 0) is 70.2 Å². The zero-order chi connectivity index (χ0) is 15.4. The summed E-state index contributed by atoms with van der Waals surface area (Å²) in [5.74, 6) is 0.845. The van der Waals surface area contributed by atoms with Crippen LogP contribution < -0.4 is 4.74 Å². The summed E-state index contributed by atoms with van der Waals surface area (Å²) in [4.78, 5) is 0. The van der Waals surface area contributed by atoms with Crippen molar-refractivity contribution >= 4 is 39.1 Å². The molecule has 0 bridgehead atoms. The number of aryl methyl sites for hydroxylation is 1. The molecule has 21 heavy (non-hydrogen) atoms. The van der Waals surface area contributed by atoms with Gasteiger partial charge in [-0.3, -0.25) is 0 Å². The highest BCUT2D eigenvalue weighted by Crippen LogP contribution is 2.36. The molecule has 0 spiro atoms. The van der Waals surface area contributed by atoms with Crippen LogP contribution in [0, 0.1) is 6.92 Å². The van der Waals surface area contributed by atoms with E-state index in [0.29, 0.717) is 6.61 Å². The van der Waals surface area contributed by atoms with Gasteiger partial charge in [-0.2, -0.15) is 0 Å². The van der Waals surface area contributed by atoms with Gasteiger partial charge in [0.1, 0.15) is 5.75 Å². The second kappa shape index (κ2) is 7.53. The van der Waals surface area contributed by atoms with Crippen LogP contribution in [0.15, 0.2) is 40.9 Å². The maximum Gasteiger partial charge on any atom is 0.133 e.